The Labute approximate surface area is 144 Å². The van der Waals surface area contributed by atoms with E-state index in [0.29, 0.717) is 18.2 Å². The van der Waals surface area contributed by atoms with Crippen LogP contribution in [0.25, 0.3) is 0 Å². The maximum atomic E-state index is 12.7. The lowest BCUT2D eigenvalue weighted by molar-refractivity contribution is 0.0756. The van der Waals surface area contributed by atoms with E-state index < -0.39 is 0 Å². The second-order valence-electron chi connectivity index (χ2n) is 6.37. The van der Waals surface area contributed by atoms with Crippen LogP contribution in [-0.2, 0) is 6.42 Å². The number of nitrogens with zero attached hydrogens (tertiary/aromatic N) is 5. The zero-order valence-electron chi connectivity index (χ0n) is 13.8. The first kappa shape index (κ1) is 15.6. The van der Waals surface area contributed by atoms with E-state index in [-0.39, 0.29) is 5.91 Å². The summed E-state index contributed by atoms with van der Waals surface area (Å²) < 4.78 is 9.67. The van der Waals surface area contributed by atoms with Crippen LogP contribution in [0, 0.1) is 0 Å². The summed E-state index contributed by atoms with van der Waals surface area (Å²) in [5.74, 6) is 2.20. The van der Waals surface area contributed by atoms with Crippen LogP contribution in [0.1, 0.15) is 54.2 Å². The molecule has 4 rings (SSSR count). The third-order valence-corrected chi connectivity index (χ3v) is 5.37. The molecule has 2 fully saturated rings. The van der Waals surface area contributed by atoms with Gasteiger partial charge in [0.25, 0.3) is 5.91 Å². The van der Waals surface area contributed by atoms with E-state index in [2.05, 4.69) is 26.3 Å². The SMILES string of the molecule is CCc1nsc(N2CCCN(C(=O)c3cc(C4CC4)on3)CC2)n1. The highest BCUT2D eigenvalue weighted by Crippen LogP contribution is 2.40. The molecular formula is C16H21N5O2S. The summed E-state index contributed by atoms with van der Waals surface area (Å²) in [7, 11) is 0. The van der Waals surface area contributed by atoms with Crippen molar-refractivity contribution in [3.8, 4) is 0 Å². The van der Waals surface area contributed by atoms with Crippen molar-refractivity contribution in [3.05, 3.63) is 23.3 Å². The van der Waals surface area contributed by atoms with Gasteiger partial charge in [-0.3, -0.25) is 4.79 Å². The van der Waals surface area contributed by atoms with Gasteiger partial charge in [-0.15, -0.1) is 0 Å². The standard InChI is InChI=1S/C16H21N5O2S/c1-2-14-17-16(24-19-14)21-7-3-6-20(8-9-21)15(22)12-10-13(23-18-12)11-4-5-11/h10-11H,2-9H2,1H3. The number of hydrogen-bond acceptors (Lipinski definition) is 7. The molecule has 1 amide bonds. The molecule has 0 radical (unpaired) electrons. The Morgan fingerprint density at radius 1 is 1.33 bits per heavy atom. The maximum absolute atomic E-state index is 12.7. The highest BCUT2D eigenvalue weighted by Gasteiger charge is 2.30. The quantitative estimate of drug-likeness (QED) is 0.845. The molecule has 2 aromatic heterocycles. The van der Waals surface area contributed by atoms with Gasteiger partial charge in [-0.1, -0.05) is 12.1 Å². The largest absolute Gasteiger partial charge is 0.360 e. The first-order chi connectivity index (χ1) is 11.7. The van der Waals surface area contributed by atoms with E-state index in [1.807, 2.05) is 11.0 Å². The predicted octanol–water partition coefficient (Wildman–Crippen LogP) is 2.32. The van der Waals surface area contributed by atoms with E-state index in [0.717, 1.165) is 62.0 Å². The lowest BCUT2D eigenvalue weighted by atomic mass is 10.2. The second kappa shape index (κ2) is 6.51. The fourth-order valence-corrected chi connectivity index (χ4v) is 3.74. The molecule has 1 aliphatic heterocycles. The van der Waals surface area contributed by atoms with Gasteiger partial charge in [0, 0.05) is 56.1 Å². The minimum absolute atomic E-state index is 0.0287. The van der Waals surface area contributed by atoms with Crippen LogP contribution in [0.3, 0.4) is 0 Å². The van der Waals surface area contributed by atoms with Crippen LogP contribution in [0.15, 0.2) is 10.6 Å². The molecule has 0 spiro atoms. The third kappa shape index (κ3) is 3.15. The number of rotatable bonds is 4. The molecule has 3 heterocycles. The van der Waals surface area contributed by atoms with Crippen molar-refractivity contribution < 1.29 is 9.32 Å². The number of anilines is 1. The summed E-state index contributed by atoms with van der Waals surface area (Å²) in [6, 6.07) is 1.82. The summed E-state index contributed by atoms with van der Waals surface area (Å²) in [5, 5.41) is 4.93. The minimum atomic E-state index is -0.0287. The first-order valence-corrected chi connectivity index (χ1v) is 9.35. The number of aryl methyl sites for hydroxylation is 1. The van der Waals surface area contributed by atoms with E-state index in [1.165, 1.54) is 11.5 Å². The normalized spacial score (nSPS) is 18.7. The molecule has 8 heteroatoms. The molecule has 1 saturated heterocycles. The van der Waals surface area contributed by atoms with E-state index in [1.54, 1.807) is 0 Å². The Kier molecular flexibility index (Phi) is 4.22. The Hall–Kier alpha value is -1.96. The van der Waals surface area contributed by atoms with Crippen molar-refractivity contribution in [2.24, 2.45) is 0 Å². The molecule has 0 aromatic carbocycles. The molecule has 2 aliphatic rings. The van der Waals surface area contributed by atoms with Gasteiger partial charge in [0.15, 0.2) is 5.69 Å². The van der Waals surface area contributed by atoms with Gasteiger partial charge in [-0.2, -0.15) is 4.37 Å². The molecule has 0 atom stereocenters. The molecular weight excluding hydrogens is 326 g/mol. The van der Waals surface area contributed by atoms with Gasteiger partial charge in [-0.25, -0.2) is 4.98 Å². The number of hydrogen-bond donors (Lipinski definition) is 0. The zero-order chi connectivity index (χ0) is 16.5. The van der Waals surface area contributed by atoms with Crippen LogP contribution in [0.5, 0.6) is 0 Å². The molecule has 7 nitrogen and oxygen atoms in total. The van der Waals surface area contributed by atoms with Crippen molar-refractivity contribution >= 4 is 22.6 Å². The van der Waals surface area contributed by atoms with Gasteiger partial charge in [0.2, 0.25) is 5.13 Å². The van der Waals surface area contributed by atoms with Crippen LogP contribution >= 0.6 is 11.5 Å². The van der Waals surface area contributed by atoms with Crippen molar-refractivity contribution in [2.45, 2.75) is 38.5 Å². The van der Waals surface area contributed by atoms with Gasteiger partial charge in [-0.05, 0) is 19.3 Å². The molecule has 128 valence electrons. The predicted molar refractivity (Wildman–Crippen MR) is 90.5 cm³/mol. The lowest BCUT2D eigenvalue weighted by Gasteiger charge is -2.20. The average molecular weight is 347 g/mol. The highest BCUT2D eigenvalue weighted by molar-refractivity contribution is 7.09. The summed E-state index contributed by atoms with van der Waals surface area (Å²) >= 11 is 1.44. The number of carbonyl (C=O) groups is 1. The molecule has 24 heavy (non-hydrogen) atoms. The highest BCUT2D eigenvalue weighted by atomic mass is 32.1. The van der Waals surface area contributed by atoms with Crippen LogP contribution in [0.2, 0.25) is 0 Å². The van der Waals surface area contributed by atoms with Gasteiger partial charge >= 0.3 is 0 Å². The summed E-state index contributed by atoms with van der Waals surface area (Å²) in [6.45, 7) is 5.14. The molecule has 1 aliphatic carbocycles. The Morgan fingerprint density at radius 2 is 2.21 bits per heavy atom. The van der Waals surface area contributed by atoms with Crippen molar-refractivity contribution in [2.75, 3.05) is 31.1 Å². The summed E-state index contributed by atoms with van der Waals surface area (Å²) in [5.41, 5.74) is 0.439. The Bertz CT molecular complexity index is 724. The molecule has 1 saturated carbocycles. The Balaban J connectivity index is 1.40. The van der Waals surface area contributed by atoms with Crippen molar-refractivity contribution in [1.82, 2.24) is 19.4 Å². The molecule has 0 N–H and O–H groups in total. The topological polar surface area (TPSA) is 75.4 Å². The zero-order valence-corrected chi connectivity index (χ0v) is 14.6. The second-order valence-corrected chi connectivity index (χ2v) is 7.10. The van der Waals surface area contributed by atoms with Crippen LogP contribution < -0.4 is 4.90 Å². The summed E-state index contributed by atoms with van der Waals surface area (Å²) in [4.78, 5) is 21.3. The fraction of sp³-hybridized carbons (Fsp3) is 0.625. The van der Waals surface area contributed by atoms with Gasteiger partial charge in [0.05, 0.1) is 0 Å². The first-order valence-electron chi connectivity index (χ1n) is 8.58. The maximum Gasteiger partial charge on any atom is 0.276 e. The average Bonchev–Trinajstić information content (AvgIpc) is 3.23. The monoisotopic (exact) mass is 347 g/mol. The van der Waals surface area contributed by atoms with Gasteiger partial charge in [0.1, 0.15) is 11.6 Å². The number of amides is 1. The minimum Gasteiger partial charge on any atom is -0.360 e. The van der Waals surface area contributed by atoms with E-state index >= 15 is 0 Å². The lowest BCUT2D eigenvalue weighted by Crippen LogP contribution is -2.35. The number of aromatic nitrogens is 3. The molecule has 2 aromatic rings. The Morgan fingerprint density at radius 3 is 2.96 bits per heavy atom. The molecule has 0 bridgehead atoms. The third-order valence-electron chi connectivity index (χ3n) is 4.55. The molecule has 0 unspecified atom stereocenters. The smallest absolute Gasteiger partial charge is 0.276 e. The van der Waals surface area contributed by atoms with E-state index in [4.69, 9.17) is 4.52 Å². The van der Waals surface area contributed by atoms with Crippen LogP contribution in [-0.4, -0.2) is 51.5 Å². The van der Waals surface area contributed by atoms with E-state index in [9.17, 15) is 4.79 Å². The summed E-state index contributed by atoms with van der Waals surface area (Å²) in [6.07, 6.45) is 4.05. The van der Waals surface area contributed by atoms with Crippen molar-refractivity contribution in [3.63, 3.8) is 0 Å². The van der Waals surface area contributed by atoms with Crippen molar-refractivity contribution in [1.29, 1.82) is 0 Å². The van der Waals surface area contributed by atoms with Gasteiger partial charge < -0.3 is 14.3 Å². The number of carbonyl (C=O) groups excluding carboxylic acids is 1. The van der Waals surface area contributed by atoms with Crippen LogP contribution in [0.4, 0.5) is 5.13 Å². The fourth-order valence-electron chi connectivity index (χ4n) is 2.94.